The molecule has 0 N–H and O–H groups in total. The van der Waals surface area contributed by atoms with Crippen molar-refractivity contribution < 1.29 is 23.8 Å². The fourth-order valence-corrected chi connectivity index (χ4v) is 4.31. The Morgan fingerprint density at radius 3 is 2.30 bits per heavy atom. The molecule has 4 aliphatic rings. The van der Waals surface area contributed by atoms with Crippen molar-refractivity contribution in [2.24, 2.45) is 5.92 Å². The fraction of sp³-hybridized carbons (Fsp3) is 0.333. The Morgan fingerprint density at radius 1 is 0.926 bits per heavy atom. The van der Waals surface area contributed by atoms with Crippen molar-refractivity contribution >= 4 is 22.7 Å². The van der Waals surface area contributed by atoms with Crippen LogP contribution in [-0.2, 0) is 19.1 Å². The van der Waals surface area contributed by atoms with Crippen molar-refractivity contribution in [3.8, 4) is 5.75 Å². The lowest BCUT2D eigenvalue weighted by Gasteiger charge is -2.54. The Kier molecular flexibility index (Phi) is 3.68. The van der Waals surface area contributed by atoms with Crippen LogP contribution in [0.4, 0.5) is 0 Å². The summed E-state index contributed by atoms with van der Waals surface area (Å²) in [5.41, 5.74) is 0. The third kappa shape index (κ3) is 2.68. The van der Waals surface area contributed by atoms with Crippen LogP contribution in [0.3, 0.4) is 0 Å². The maximum Gasteiger partial charge on any atom is 0.359 e. The van der Waals surface area contributed by atoms with E-state index in [1.54, 1.807) is 0 Å². The predicted octanol–water partition coefficient (Wildman–Crippen LogP) is 2.62. The lowest BCUT2D eigenvalue weighted by molar-refractivity contribution is -0.348. The van der Waals surface area contributed by atoms with Crippen LogP contribution >= 0.6 is 0 Å². The number of rotatable bonds is 2. The second-order valence-electron chi connectivity index (χ2n) is 7.18. The lowest BCUT2D eigenvalue weighted by atomic mass is 9.82. The normalized spacial score (nSPS) is 28.7. The Morgan fingerprint density at radius 2 is 1.59 bits per heavy atom. The van der Waals surface area contributed by atoms with Gasteiger partial charge in [-0.3, -0.25) is 0 Å². The van der Waals surface area contributed by atoms with Crippen molar-refractivity contribution in [2.45, 2.75) is 24.9 Å². The highest BCUT2D eigenvalue weighted by Gasteiger charge is 2.62. The molecule has 6 nitrogen and oxygen atoms in total. The maximum absolute atomic E-state index is 12.1. The summed E-state index contributed by atoms with van der Waals surface area (Å²) >= 11 is 0. The summed E-state index contributed by atoms with van der Waals surface area (Å²) in [5, 5.41) is 2.17. The van der Waals surface area contributed by atoms with E-state index in [9.17, 15) is 9.59 Å². The van der Waals surface area contributed by atoms with Gasteiger partial charge in [-0.15, -0.1) is 0 Å². The summed E-state index contributed by atoms with van der Waals surface area (Å²) in [5.74, 6) is -1.90. The molecule has 0 amide bonds. The van der Waals surface area contributed by atoms with Crippen LogP contribution in [0.2, 0.25) is 0 Å². The van der Waals surface area contributed by atoms with E-state index in [1.807, 2.05) is 47.4 Å². The van der Waals surface area contributed by atoms with E-state index in [2.05, 4.69) is 0 Å². The Balaban J connectivity index is 1.53. The van der Waals surface area contributed by atoms with Crippen LogP contribution in [0.25, 0.3) is 10.8 Å². The number of hydrogen-bond acceptors (Lipinski definition) is 6. The molecule has 3 saturated heterocycles. The summed E-state index contributed by atoms with van der Waals surface area (Å²) in [4.78, 5) is 26.2. The molecular formula is C21H19NO5. The summed E-state index contributed by atoms with van der Waals surface area (Å²) in [7, 11) is 0. The van der Waals surface area contributed by atoms with Gasteiger partial charge < -0.3 is 14.2 Å². The third-order valence-corrected chi connectivity index (χ3v) is 5.60. The molecule has 0 aromatic heterocycles. The van der Waals surface area contributed by atoms with Gasteiger partial charge in [0.15, 0.2) is 6.10 Å². The van der Waals surface area contributed by atoms with Gasteiger partial charge in [0.2, 0.25) is 0 Å². The summed E-state index contributed by atoms with van der Waals surface area (Å²) in [6, 6.07) is 13.9. The largest absolute Gasteiger partial charge is 0.480 e. The minimum atomic E-state index is -1.51. The topological polar surface area (TPSA) is 65.1 Å². The molecule has 0 aliphatic carbocycles. The van der Waals surface area contributed by atoms with Gasteiger partial charge in [0.05, 0.1) is 0 Å². The highest BCUT2D eigenvalue weighted by molar-refractivity contribution is 5.93. The zero-order valence-electron chi connectivity index (χ0n) is 14.7. The highest BCUT2D eigenvalue weighted by atomic mass is 16.8. The SMILES string of the molecule is O=C1C=CC(=O)OC2(O1)C(Oc1ccc3ccccc3c1)C1CCN2CC1. The number of fused-ring (bicyclic) bond motifs is 3. The van der Waals surface area contributed by atoms with Crippen molar-refractivity contribution in [1.29, 1.82) is 0 Å². The van der Waals surface area contributed by atoms with Crippen molar-refractivity contribution in [1.82, 2.24) is 4.90 Å². The highest BCUT2D eigenvalue weighted by Crippen LogP contribution is 2.44. The Hall–Kier alpha value is -2.86. The quantitative estimate of drug-likeness (QED) is 0.763. The number of carbonyl (C=O) groups excluding carboxylic acids is 2. The first-order chi connectivity index (χ1) is 13.1. The monoisotopic (exact) mass is 365 g/mol. The van der Waals surface area contributed by atoms with E-state index in [-0.39, 0.29) is 5.92 Å². The minimum absolute atomic E-state index is 0.139. The van der Waals surface area contributed by atoms with E-state index in [0.717, 1.165) is 35.8 Å². The van der Waals surface area contributed by atoms with Crippen LogP contribution in [0.1, 0.15) is 12.8 Å². The molecule has 4 aliphatic heterocycles. The zero-order chi connectivity index (χ0) is 18.4. The van der Waals surface area contributed by atoms with E-state index in [4.69, 9.17) is 14.2 Å². The first kappa shape index (κ1) is 16.3. The van der Waals surface area contributed by atoms with Gasteiger partial charge in [0, 0.05) is 31.2 Å². The first-order valence-corrected chi connectivity index (χ1v) is 9.19. The molecule has 4 heterocycles. The molecule has 1 spiro atoms. The van der Waals surface area contributed by atoms with Crippen molar-refractivity contribution in [3.05, 3.63) is 54.6 Å². The number of hydrogen-bond donors (Lipinski definition) is 0. The van der Waals surface area contributed by atoms with E-state index in [1.165, 1.54) is 0 Å². The average molecular weight is 365 g/mol. The van der Waals surface area contributed by atoms with Gasteiger partial charge in [0.1, 0.15) is 5.75 Å². The summed E-state index contributed by atoms with van der Waals surface area (Å²) < 4.78 is 17.6. The van der Waals surface area contributed by atoms with Crippen LogP contribution in [0.5, 0.6) is 5.75 Å². The van der Waals surface area contributed by atoms with Crippen LogP contribution in [0, 0.1) is 5.92 Å². The van der Waals surface area contributed by atoms with E-state index in [0.29, 0.717) is 18.8 Å². The molecule has 27 heavy (non-hydrogen) atoms. The third-order valence-electron chi connectivity index (χ3n) is 5.60. The van der Waals surface area contributed by atoms with Gasteiger partial charge in [-0.1, -0.05) is 30.3 Å². The molecule has 1 unspecified atom stereocenters. The summed E-state index contributed by atoms with van der Waals surface area (Å²) in [6.45, 7) is 1.39. The van der Waals surface area contributed by atoms with Crippen LogP contribution < -0.4 is 4.74 Å². The molecular weight excluding hydrogens is 346 g/mol. The van der Waals surface area contributed by atoms with Crippen LogP contribution in [-0.4, -0.2) is 41.9 Å². The van der Waals surface area contributed by atoms with Gasteiger partial charge in [0.25, 0.3) is 0 Å². The Labute approximate surface area is 156 Å². The van der Waals surface area contributed by atoms with Gasteiger partial charge in [-0.2, -0.15) is 0 Å². The number of piperidine rings is 3. The maximum atomic E-state index is 12.1. The van der Waals surface area contributed by atoms with Crippen molar-refractivity contribution in [3.63, 3.8) is 0 Å². The molecule has 2 aromatic rings. The number of ether oxygens (including phenoxy) is 3. The average Bonchev–Trinajstić information content (AvgIpc) is 2.84. The molecule has 2 aromatic carbocycles. The molecule has 0 radical (unpaired) electrons. The standard InChI is InChI=1S/C21H19NO5/c23-18-7-8-19(24)27-21(26-18)20(15-9-11-22(21)12-10-15)25-17-6-5-14-3-1-2-4-16(14)13-17/h1-8,13,15,20H,9-12H2. The van der Waals surface area contributed by atoms with E-state index < -0.39 is 24.0 Å². The Bertz CT molecular complexity index is 924. The molecule has 3 fully saturated rings. The minimum Gasteiger partial charge on any atom is -0.480 e. The molecule has 6 rings (SSSR count). The zero-order valence-corrected chi connectivity index (χ0v) is 14.7. The first-order valence-electron chi connectivity index (χ1n) is 9.19. The van der Waals surface area contributed by atoms with Crippen molar-refractivity contribution in [2.75, 3.05) is 13.1 Å². The second-order valence-corrected chi connectivity index (χ2v) is 7.18. The van der Waals surface area contributed by atoms with E-state index >= 15 is 0 Å². The van der Waals surface area contributed by atoms with Gasteiger partial charge in [-0.25, -0.2) is 14.5 Å². The second kappa shape index (κ2) is 6.09. The number of esters is 2. The van der Waals surface area contributed by atoms with Crippen LogP contribution in [0.15, 0.2) is 54.6 Å². The molecule has 0 saturated carbocycles. The lowest BCUT2D eigenvalue weighted by Crippen LogP contribution is -2.71. The predicted molar refractivity (Wildman–Crippen MR) is 96.7 cm³/mol. The van der Waals surface area contributed by atoms with Gasteiger partial charge >= 0.3 is 17.8 Å². The molecule has 138 valence electrons. The van der Waals surface area contributed by atoms with Gasteiger partial charge in [-0.05, 0) is 35.7 Å². The molecule has 6 heteroatoms. The molecule has 2 bridgehead atoms. The number of carbonyl (C=O) groups is 2. The fourth-order valence-electron chi connectivity index (χ4n) is 4.31. The molecule has 1 atom stereocenters. The smallest absolute Gasteiger partial charge is 0.359 e. The number of nitrogens with zero attached hydrogens (tertiary/aromatic N) is 1. The number of benzene rings is 2. The summed E-state index contributed by atoms with van der Waals surface area (Å²) in [6.07, 6.45) is 3.44.